The summed E-state index contributed by atoms with van der Waals surface area (Å²) in [5.41, 5.74) is 2.72. The van der Waals surface area contributed by atoms with Crippen LogP contribution in [0, 0.1) is 0 Å². The maximum atomic E-state index is 11.9. The van der Waals surface area contributed by atoms with Crippen molar-refractivity contribution in [2.45, 2.75) is 31.7 Å². The summed E-state index contributed by atoms with van der Waals surface area (Å²) in [5.74, 6) is 0. The number of hydrogen-bond acceptors (Lipinski definition) is 2. The number of nitrogens with zero attached hydrogens (tertiary/aromatic N) is 1. The largest absolute Gasteiger partial charge is 0.335 e. The first kappa shape index (κ1) is 12.7. The Bertz CT molecular complexity index is 573. The van der Waals surface area contributed by atoms with Gasteiger partial charge in [0, 0.05) is 23.5 Å². The molecule has 0 bridgehead atoms. The molecule has 1 aliphatic carbocycles. The maximum absolute atomic E-state index is 11.9. The normalized spacial score (nSPS) is 15.2. The smallest absolute Gasteiger partial charge is 0.319 e. The monoisotopic (exact) mass is 270 g/mol. The average molecular weight is 270 g/mol. The van der Waals surface area contributed by atoms with Gasteiger partial charge in [-0.05, 0) is 31.0 Å². The van der Waals surface area contributed by atoms with Gasteiger partial charge >= 0.3 is 6.03 Å². The third-order valence-corrected chi connectivity index (χ3v) is 3.62. The summed E-state index contributed by atoms with van der Waals surface area (Å²) in [4.78, 5) is 11.9. The van der Waals surface area contributed by atoms with Crippen molar-refractivity contribution in [3.8, 4) is 11.3 Å². The van der Waals surface area contributed by atoms with Crippen molar-refractivity contribution in [2.75, 3.05) is 5.32 Å². The number of nitrogens with one attached hydrogen (secondary N) is 3. The topological polar surface area (TPSA) is 69.8 Å². The van der Waals surface area contributed by atoms with Crippen molar-refractivity contribution in [1.29, 1.82) is 0 Å². The van der Waals surface area contributed by atoms with Crippen molar-refractivity contribution in [3.05, 3.63) is 36.5 Å². The Balaban J connectivity index is 1.65. The van der Waals surface area contributed by atoms with Crippen molar-refractivity contribution < 1.29 is 4.79 Å². The lowest BCUT2D eigenvalue weighted by Crippen LogP contribution is -2.36. The van der Waals surface area contributed by atoms with Crippen LogP contribution < -0.4 is 10.6 Å². The molecule has 1 heterocycles. The highest BCUT2D eigenvalue weighted by Gasteiger charge is 2.16. The van der Waals surface area contributed by atoms with Gasteiger partial charge in [0.15, 0.2) is 0 Å². The van der Waals surface area contributed by atoms with E-state index < -0.39 is 0 Å². The second-order valence-electron chi connectivity index (χ2n) is 5.13. The number of aromatic nitrogens is 2. The van der Waals surface area contributed by atoms with Gasteiger partial charge in [0.25, 0.3) is 0 Å². The van der Waals surface area contributed by atoms with E-state index in [1.54, 1.807) is 6.20 Å². The summed E-state index contributed by atoms with van der Waals surface area (Å²) in [6.45, 7) is 0. The Hall–Kier alpha value is -2.30. The van der Waals surface area contributed by atoms with Crippen molar-refractivity contribution >= 4 is 11.7 Å². The molecule has 3 rings (SSSR count). The summed E-state index contributed by atoms with van der Waals surface area (Å²) >= 11 is 0. The van der Waals surface area contributed by atoms with Crippen molar-refractivity contribution in [2.24, 2.45) is 0 Å². The van der Waals surface area contributed by atoms with Crippen molar-refractivity contribution in [3.63, 3.8) is 0 Å². The van der Waals surface area contributed by atoms with Gasteiger partial charge in [-0.15, -0.1) is 0 Å². The third-order valence-electron chi connectivity index (χ3n) is 3.62. The molecule has 1 fully saturated rings. The predicted molar refractivity (Wildman–Crippen MR) is 78.4 cm³/mol. The molecular weight excluding hydrogens is 252 g/mol. The van der Waals surface area contributed by atoms with Crippen LogP contribution in [-0.4, -0.2) is 22.3 Å². The molecule has 0 spiro atoms. The first-order valence-electron chi connectivity index (χ1n) is 6.98. The average Bonchev–Trinajstić information content (AvgIpc) is 3.11. The number of aromatic amines is 1. The zero-order chi connectivity index (χ0) is 13.8. The zero-order valence-electron chi connectivity index (χ0n) is 11.2. The molecule has 2 aromatic rings. The molecule has 3 N–H and O–H groups in total. The second-order valence-corrected chi connectivity index (χ2v) is 5.13. The molecule has 1 aromatic heterocycles. The summed E-state index contributed by atoms with van der Waals surface area (Å²) in [5, 5.41) is 12.7. The highest BCUT2D eigenvalue weighted by molar-refractivity contribution is 5.90. The Kier molecular flexibility index (Phi) is 3.67. The van der Waals surface area contributed by atoms with Crippen LogP contribution in [0.15, 0.2) is 36.5 Å². The zero-order valence-corrected chi connectivity index (χ0v) is 11.2. The van der Waals surface area contributed by atoms with Gasteiger partial charge in [0.1, 0.15) is 0 Å². The van der Waals surface area contributed by atoms with E-state index in [1.165, 1.54) is 12.8 Å². The molecule has 20 heavy (non-hydrogen) atoms. The van der Waals surface area contributed by atoms with Crippen LogP contribution >= 0.6 is 0 Å². The van der Waals surface area contributed by atoms with Gasteiger partial charge in [-0.2, -0.15) is 5.10 Å². The number of H-pyrrole nitrogens is 1. The van der Waals surface area contributed by atoms with Gasteiger partial charge in [0.05, 0.1) is 5.69 Å². The van der Waals surface area contributed by atoms with E-state index in [0.717, 1.165) is 29.8 Å². The van der Waals surface area contributed by atoms with Gasteiger partial charge in [-0.1, -0.05) is 25.0 Å². The highest BCUT2D eigenvalue weighted by Crippen LogP contribution is 2.21. The minimum absolute atomic E-state index is 0.126. The summed E-state index contributed by atoms with van der Waals surface area (Å²) in [6, 6.07) is 9.81. The molecule has 1 saturated carbocycles. The number of rotatable bonds is 3. The molecule has 1 aromatic carbocycles. The number of anilines is 1. The number of carbonyl (C=O) groups excluding carboxylic acids is 1. The number of carbonyl (C=O) groups is 1. The van der Waals surface area contributed by atoms with Crippen LogP contribution in [0.4, 0.5) is 10.5 Å². The van der Waals surface area contributed by atoms with Crippen LogP contribution in [-0.2, 0) is 0 Å². The SMILES string of the molecule is O=C(Nc1cccc(-c2ccn[nH]2)c1)NC1CCCC1. The number of benzene rings is 1. The minimum Gasteiger partial charge on any atom is -0.335 e. The van der Waals surface area contributed by atoms with Crippen LogP contribution in [0.5, 0.6) is 0 Å². The number of urea groups is 1. The van der Waals surface area contributed by atoms with Gasteiger partial charge in [-0.25, -0.2) is 4.79 Å². The van der Waals surface area contributed by atoms with E-state index in [-0.39, 0.29) is 6.03 Å². The third kappa shape index (κ3) is 2.99. The van der Waals surface area contributed by atoms with E-state index >= 15 is 0 Å². The first-order chi connectivity index (χ1) is 9.81. The molecule has 2 amide bonds. The Labute approximate surface area is 117 Å². The molecule has 5 nitrogen and oxygen atoms in total. The minimum atomic E-state index is -0.126. The standard InChI is InChI=1S/C15H18N4O/c20-15(17-12-5-1-2-6-12)18-13-7-3-4-11(10-13)14-8-9-16-19-14/h3-4,7-10,12H,1-2,5-6H2,(H,16,19)(H2,17,18,20). The molecule has 1 aliphatic rings. The summed E-state index contributed by atoms with van der Waals surface area (Å²) in [7, 11) is 0. The summed E-state index contributed by atoms with van der Waals surface area (Å²) < 4.78 is 0. The Morgan fingerprint density at radius 2 is 2.10 bits per heavy atom. The molecule has 0 aliphatic heterocycles. The fourth-order valence-electron chi connectivity index (χ4n) is 2.60. The van der Waals surface area contributed by atoms with Crippen LogP contribution in [0.1, 0.15) is 25.7 Å². The first-order valence-corrected chi connectivity index (χ1v) is 6.98. The van der Waals surface area contributed by atoms with Crippen molar-refractivity contribution in [1.82, 2.24) is 15.5 Å². The van der Waals surface area contributed by atoms with E-state index in [2.05, 4.69) is 20.8 Å². The molecule has 0 unspecified atom stereocenters. The van der Waals surface area contributed by atoms with Crippen LogP contribution in [0.2, 0.25) is 0 Å². The van der Waals surface area contributed by atoms with E-state index in [4.69, 9.17) is 0 Å². The Morgan fingerprint density at radius 1 is 1.25 bits per heavy atom. The highest BCUT2D eigenvalue weighted by atomic mass is 16.2. The fraction of sp³-hybridized carbons (Fsp3) is 0.333. The van der Waals surface area contributed by atoms with E-state index in [0.29, 0.717) is 6.04 Å². The lowest BCUT2D eigenvalue weighted by Gasteiger charge is -2.13. The molecule has 104 valence electrons. The summed E-state index contributed by atoms with van der Waals surface area (Å²) in [6.07, 6.45) is 6.30. The van der Waals surface area contributed by atoms with Gasteiger partial charge in [0.2, 0.25) is 0 Å². The lowest BCUT2D eigenvalue weighted by molar-refractivity contribution is 0.248. The predicted octanol–water partition coefficient (Wildman–Crippen LogP) is 3.14. The van der Waals surface area contributed by atoms with Gasteiger partial charge < -0.3 is 10.6 Å². The van der Waals surface area contributed by atoms with E-state index in [1.807, 2.05) is 30.3 Å². The van der Waals surface area contributed by atoms with Crippen LogP contribution in [0.3, 0.4) is 0 Å². The molecule has 0 radical (unpaired) electrons. The second kappa shape index (κ2) is 5.77. The molecular formula is C15H18N4O. The quantitative estimate of drug-likeness (QED) is 0.802. The number of amides is 2. The van der Waals surface area contributed by atoms with E-state index in [9.17, 15) is 4.79 Å². The number of hydrogen-bond donors (Lipinski definition) is 3. The fourth-order valence-corrected chi connectivity index (χ4v) is 2.60. The van der Waals surface area contributed by atoms with Crippen LogP contribution in [0.25, 0.3) is 11.3 Å². The lowest BCUT2D eigenvalue weighted by atomic mass is 10.1. The van der Waals surface area contributed by atoms with Gasteiger partial charge in [-0.3, -0.25) is 5.10 Å². The maximum Gasteiger partial charge on any atom is 0.319 e. The Morgan fingerprint density at radius 3 is 2.85 bits per heavy atom. The molecule has 5 heteroatoms. The molecule has 0 saturated heterocycles. The molecule has 0 atom stereocenters.